The summed E-state index contributed by atoms with van der Waals surface area (Å²) in [6.07, 6.45) is 0. The summed E-state index contributed by atoms with van der Waals surface area (Å²) in [5, 5.41) is 4.33. The smallest absolute Gasteiger partial charge is 0.241 e. The molecule has 6 heteroatoms. The maximum Gasteiger partial charge on any atom is 0.241 e. The van der Waals surface area contributed by atoms with Gasteiger partial charge in [0.1, 0.15) is 0 Å². The van der Waals surface area contributed by atoms with Crippen LogP contribution in [-0.4, -0.2) is 18.2 Å². The van der Waals surface area contributed by atoms with Crippen LogP contribution in [0.2, 0.25) is 0 Å². The lowest BCUT2D eigenvalue weighted by Gasteiger charge is -2.16. The first kappa shape index (κ1) is 17.7. The molecular formula is C17H25N3O2S. The molecule has 0 spiro atoms. The van der Waals surface area contributed by atoms with Crippen LogP contribution in [0.25, 0.3) is 0 Å². The molecule has 0 radical (unpaired) electrons. The molecule has 23 heavy (non-hydrogen) atoms. The Labute approximate surface area is 138 Å². The minimum atomic E-state index is -3.58. The zero-order valence-corrected chi connectivity index (χ0v) is 15.7. The van der Waals surface area contributed by atoms with E-state index in [9.17, 15) is 8.42 Å². The molecule has 0 aliphatic rings. The van der Waals surface area contributed by atoms with Crippen LogP contribution in [0.5, 0.6) is 0 Å². The van der Waals surface area contributed by atoms with Gasteiger partial charge in [-0.3, -0.25) is 4.68 Å². The summed E-state index contributed by atoms with van der Waals surface area (Å²) in [4.78, 5) is 0.397. The number of benzene rings is 1. The molecule has 0 fully saturated rings. The fourth-order valence-electron chi connectivity index (χ4n) is 2.90. The first-order valence-electron chi connectivity index (χ1n) is 7.62. The first-order valence-corrected chi connectivity index (χ1v) is 9.10. The number of aryl methyl sites for hydroxylation is 4. The fraction of sp³-hybridized carbons (Fsp3) is 0.471. The van der Waals surface area contributed by atoms with Gasteiger partial charge in [0.25, 0.3) is 0 Å². The third-order valence-electron chi connectivity index (χ3n) is 4.66. The summed E-state index contributed by atoms with van der Waals surface area (Å²) in [5.41, 5.74) is 6.33. The Morgan fingerprint density at radius 2 is 1.57 bits per heavy atom. The Balaban J connectivity index is 2.41. The Morgan fingerprint density at radius 3 is 2.00 bits per heavy atom. The Hall–Kier alpha value is -1.66. The molecule has 0 atom stereocenters. The van der Waals surface area contributed by atoms with Crippen molar-refractivity contribution in [3.8, 4) is 0 Å². The van der Waals surface area contributed by atoms with E-state index in [1.165, 1.54) is 0 Å². The second kappa shape index (κ2) is 6.09. The maximum atomic E-state index is 12.8. The predicted molar refractivity (Wildman–Crippen MR) is 92.1 cm³/mol. The normalized spacial score (nSPS) is 12.0. The van der Waals surface area contributed by atoms with Gasteiger partial charge in [0, 0.05) is 24.8 Å². The van der Waals surface area contributed by atoms with Gasteiger partial charge >= 0.3 is 0 Å². The quantitative estimate of drug-likeness (QED) is 0.934. The van der Waals surface area contributed by atoms with Crippen molar-refractivity contribution in [2.24, 2.45) is 7.05 Å². The molecule has 0 unspecified atom stereocenters. The molecule has 0 saturated carbocycles. The van der Waals surface area contributed by atoms with Crippen LogP contribution >= 0.6 is 0 Å². The van der Waals surface area contributed by atoms with E-state index >= 15 is 0 Å². The van der Waals surface area contributed by atoms with Gasteiger partial charge in [-0.1, -0.05) is 6.07 Å². The number of aromatic nitrogens is 2. The molecular weight excluding hydrogens is 310 g/mol. The largest absolute Gasteiger partial charge is 0.272 e. The molecule has 1 N–H and O–H groups in total. The molecule has 5 nitrogen and oxygen atoms in total. The van der Waals surface area contributed by atoms with Crippen molar-refractivity contribution in [2.45, 2.75) is 53.0 Å². The highest BCUT2D eigenvalue weighted by Crippen LogP contribution is 2.26. The minimum Gasteiger partial charge on any atom is -0.272 e. The Bertz CT molecular complexity index is 838. The molecule has 126 valence electrons. The summed E-state index contributed by atoms with van der Waals surface area (Å²) in [7, 11) is -1.72. The third-order valence-corrected chi connectivity index (χ3v) is 6.34. The zero-order chi connectivity index (χ0) is 17.5. The van der Waals surface area contributed by atoms with Crippen LogP contribution in [0.3, 0.4) is 0 Å². The van der Waals surface area contributed by atoms with E-state index < -0.39 is 10.0 Å². The number of hydrogen-bond donors (Lipinski definition) is 1. The fourth-order valence-corrected chi connectivity index (χ4v) is 4.50. The number of sulfonamides is 1. The van der Waals surface area contributed by atoms with Crippen molar-refractivity contribution in [1.82, 2.24) is 14.5 Å². The predicted octanol–water partition coefficient (Wildman–Crippen LogP) is 2.75. The van der Waals surface area contributed by atoms with Crippen LogP contribution in [0.1, 0.15) is 39.2 Å². The van der Waals surface area contributed by atoms with Crippen molar-refractivity contribution in [3.63, 3.8) is 0 Å². The van der Waals surface area contributed by atoms with Crippen LogP contribution < -0.4 is 4.72 Å². The molecule has 0 aliphatic carbocycles. The average molecular weight is 335 g/mol. The third kappa shape index (κ3) is 3.19. The molecule has 1 aromatic carbocycles. The maximum absolute atomic E-state index is 12.8. The highest BCUT2D eigenvalue weighted by molar-refractivity contribution is 7.89. The van der Waals surface area contributed by atoms with Crippen LogP contribution in [-0.2, 0) is 23.6 Å². The standard InChI is InChI=1S/C17H25N3O2S/c1-10-8-11(2)13(4)17(12(10)3)23(21,22)18-9-16-14(5)19-20(7)15(16)6/h8,18H,9H2,1-7H3. The van der Waals surface area contributed by atoms with Gasteiger partial charge in [0.05, 0.1) is 10.6 Å². The van der Waals surface area contributed by atoms with E-state index in [0.717, 1.165) is 39.2 Å². The van der Waals surface area contributed by atoms with Gasteiger partial charge in [-0.2, -0.15) is 5.10 Å². The summed E-state index contributed by atoms with van der Waals surface area (Å²) in [6.45, 7) is 11.7. The average Bonchev–Trinajstić information content (AvgIpc) is 2.68. The van der Waals surface area contributed by atoms with Crippen molar-refractivity contribution in [3.05, 3.63) is 45.3 Å². The second-order valence-corrected chi connectivity index (χ2v) is 7.89. The molecule has 0 bridgehead atoms. The van der Waals surface area contributed by atoms with E-state index in [1.54, 1.807) is 4.68 Å². The number of nitrogens with zero attached hydrogens (tertiary/aromatic N) is 2. The van der Waals surface area contributed by atoms with Gasteiger partial charge in [0.15, 0.2) is 0 Å². The highest BCUT2D eigenvalue weighted by Gasteiger charge is 2.22. The summed E-state index contributed by atoms with van der Waals surface area (Å²) >= 11 is 0. The molecule has 2 aromatic rings. The Morgan fingerprint density at radius 1 is 1.04 bits per heavy atom. The summed E-state index contributed by atoms with van der Waals surface area (Å²) in [6, 6.07) is 2.03. The molecule has 0 aliphatic heterocycles. The number of rotatable bonds is 4. The van der Waals surface area contributed by atoms with E-state index in [4.69, 9.17) is 0 Å². The van der Waals surface area contributed by atoms with E-state index in [0.29, 0.717) is 4.90 Å². The topological polar surface area (TPSA) is 64.0 Å². The summed E-state index contributed by atoms with van der Waals surface area (Å²) in [5.74, 6) is 0. The molecule has 1 heterocycles. The lowest BCUT2D eigenvalue weighted by Crippen LogP contribution is -2.26. The van der Waals surface area contributed by atoms with Crippen molar-refractivity contribution in [2.75, 3.05) is 0 Å². The number of nitrogens with one attached hydrogen (secondary N) is 1. The molecule has 0 amide bonds. The van der Waals surface area contributed by atoms with Gasteiger partial charge in [-0.15, -0.1) is 0 Å². The number of hydrogen-bond acceptors (Lipinski definition) is 3. The molecule has 2 rings (SSSR count). The van der Waals surface area contributed by atoms with Gasteiger partial charge < -0.3 is 0 Å². The van der Waals surface area contributed by atoms with Crippen molar-refractivity contribution >= 4 is 10.0 Å². The van der Waals surface area contributed by atoms with Crippen LogP contribution in [0, 0.1) is 41.5 Å². The van der Waals surface area contributed by atoms with Crippen molar-refractivity contribution in [1.29, 1.82) is 0 Å². The van der Waals surface area contributed by atoms with Gasteiger partial charge in [-0.05, 0) is 63.8 Å². The summed E-state index contributed by atoms with van der Waals surface area (Å²) < 4.78 is 30.2. The van der Waals surface area contributed by atoms with Gasteiger partial charge in [0.2, 0.25) is 10.0 Å². The van der Waals surface area contributed by atoms with Crippen molar-refractivity contribution < 1.29 is 8.42 Å². The minimum absolute atomic E-state index is 0.250. The Kier molecular flexibility index (Phi) is 4.69. The lowest BCUT2D eigenvalue weighted by atomic mass is 10.0. The highest BCUT2D eigenvalue weighted by atomic mass is 32.2. The lowest BCUT2D eigenvalue weighted by molar-refractivity contribution is 0.579. The molecule has 0 saturated heterocycles. The van der Waals surface area contributed by atoms with Crippen LogP contribution in [0.4, 0.5) is 0 Å². The SMILES string of the molecule is Cc1cc(C)c(C)c(S(=O)(=O)NCc2c(C)nn(C)c2C)c1C. The monoisotopic (exact) mass is 335 g/mol. The molecule has 1 aromatic heterocycles. The van der Waals surface area contributed by atoms with Gasteiger partial charge in [-0.25, -0.2) is 13.1 Å². The second-order valence-electron chi connectivity index (χ2n) is 6.19. The van der Waals surface area contributed by atoms with E-state index in [1.807, 2.05) is 54.7 Å². The van der Waals surface area contributed by atoms with E-state index in [-0.39, 0.29) is 6.54 Å². The van der Waals surface area contributed by atoms with Crippen LogP contribution in [0.15, 0.2) is 11.0 Å². The zero-order valence-electron chi connectivity index (χ0n) is 14.9. The van der Waals surface area contributed by atoms with E-state index in [2.05, 4.69) is 9.82 Å². The first-order chi connectivity index (χ1) is 10.6.